The quantitative estimate of drug-likeness (QED) is 0.309. The molecule has 0 aromatic rings. The van der Waals surface area contributed by atoms with Gasteiger partial charge in [0.2, 0.25) is 0 Å². The number of halogens is 3. The fourth-order valence-electron chi connectivity index (χ4n) is 0. The Bertz CT molecular complexity index is 16.3. The summed E-state index contributed by atoms with van der Waals surface area (Å²) in [6.07, 6.45) is 0. The zero-order chi connectivity index (χ0) is 2.71. The normalized spacial score (nSPS) is 2.17. The van der Waals surface area contributed by atoms with E-state index in [2.05, 4.69) is 6.58 Å². The molecule has 0 saturated heterocycles. The third-order valence-corrected chi connectivity index (χ3v) is 0. The van der Waals surface area contributed by atoms with Gasteiger partial charge in [0.05, 0.1) is 0 Å². The van der Waals surface area contributed by atoms with Crippen LogP contribution in [0.15, 0.2) is 12.1 Å². The second kappa shape index (κ2) is 32.6. The van der Waals surface area contributed by atoms with Gasteiger partial charge in [0.15, 0.2) is 0 Å². The van der Waals surface area contributed by atoms with Gasteiger partial charge in [0.25, 0.3) is 0 Å². The van der Waals surface area contributed by atoms with Crippen molar-refractivity contribution in [3.63, 3.8) is 0 Å². The van der Waals surface area contributed by atoms with Crippen LogP contribution in [0.5, 0.6) is 0 Å². The van der Waals surface area contributed by atoms with E-state index in [0.29, 0.717) is 0 Å². The Hall–Kier alpha value is 1.38. The zero-order valence-electron chi connectivity index (χ0n) is 3.13. The average molecular weight is 158 g/mol. The molecule has 0 atom stereocenters. The third-order valence-electron chi connectivity index (χ3n) is 0. The molecule has 34 valence electrons. The van der Waals surface area contributed by atoms with Gasteiger partial charge in [-0.2, -0.15) is 0 Å². The standard InChI is InChI=1S/C2H3Cl.2ClH.Mg/c1-2-3;;;/h2H,1H2;2*1H;/q;;;+2/p-2. The summed E-state index contributed by atoms with van der Waals surface area (Å²) in [7, 11) is 0. The molecule has 0 aliphatic heterocycles. The molecule has 4 heteroatoms. The predicted octanol–water partition coefficient (Wildman–Crippen LogP) is -5.00. The molecule has 0 aliphatic rings. The minimum atomic E-state index is 0. The summed E-state index contributed by atoms with van der Waals surface area (Å²) in [6.45, 7) is 3.13. The first-order valence-electron chi connectivity index (χ1n) is 0.626. The molecule has 0 aromatic carbocycles. The van der Waals surface area contributed by atoms with Crippen LogP contribution in [0.2, 0.25) is 0 Å². The van der Waals surface area contributed by atoms with Crippen molar-refractivity contribution in [2.75, 3.05) is 0 Å². The van der Waals surface area contributed by atoms with E-state index < -0.39 is 0 Å². The van der Waals surface area contributed by atoms with Gasteiger partial charge in [-0.15, -0.1) is 0 Å². The Balaban J connectivity index is -0.00000000667. The van der Waals surface area contributed by atoms with E-state index >= 15 is 0 Å². The molecule has 0 saturated carbocycles. The predicted molar refractivity (Wildman–Crippen MR) is 21.8 cm³/mol. The molecule has 0 unspecified atom stereocenters. The maximum atomic E-state index is 4.76. The minimum Gasteiger partial charge on any atom is -1.00 e. The minimum absolute atomic E-state index is 0. The first kappa shape index (κ1) is 26.3. The van der Waals surface area contributed by atoms with Gasteiger partial charge < -0.3 is 24.8 Å². The van der Waals surface area contributed by atoms with Crippen LogP contribution in [0.4, 0.5) is 0 Å². The molecule has 0 heterocycles. The summed E-state index contributed by atoms with van der Waals surface area (Å²) in [6, 6.07) is 0. The Morgan fingerprint density at radius 2 is 1.33 bits per heavy atom. The van der Waals surface area contributed by atoms with Crippen molar-refractivity contribution in [1.82, 2.24) is 0 Å². The number of rotatable bonds is 0. The Labute approximate surface area is 71.3 Å². The van der Waals surface area contributed by atoms with Crippen LogP contribution in [-0.2, 0) is 0 Å². The number of hydrogen-bond donors (Lipinski definition) is 0. The topological polar surface area (TPSA) is 0 Å². The van der Waals surface area contributed by atoms with Crippen LogP contribution in [0.1, 0.15) is 0 Å². The molecule has 0 N–H and O–H groups in total. The van der Waals surface area contributed by atoms with E-state index in [0.717, 1.165) is 0 Å². The van der Waals surface area contributed by atoms with Gasteiger partial charge in [-0.25, -0.2) is 0 Å². The fourth-order valence-corrected chi connectivity index (χ4v) is 0. The van der Waals surface area contributed by atoms with Crippen molar-refractivity contribution in [2.45, 2.75) is 0 Å². The monoisotopic (exact) mass is 156 g/mol. The van der Waals surface area contributed by atoms with Gasteiger partial charge >= 0.3 is 23.1 Å². The van der Waals surface area contributed by atoms with E-state index in [-0.39, 0.29) is 47.9 Å². The van der Waals surface area contributed by atoms with Crippen LogP contribution in [0, 0.1) is 0 Å². The van der Waals surface area contributed by atoms with Gasteiger partial charge in [0.1, 0.15) is 0 Å². The summed E-state index contributed by atoms with van der Waals surface area (Å²) in [5.41, 5.74) is 1.22. The third kappa shape index (κ3) is 54.4. The van der Waals surface area contributed by atoms with Crippen LogP contribution in [-0.4, -0.2) is 23.1 Å². The van der Waals surface area contributed by atoms with Crippen molar-refractivity contribution >= 4 is 34.7 Å². The van der Waals surface area contributed by atoms with Crippen molar-refractivity contribution in [3.8, 4) is 0 Å². The molecule has 6 heavy (non-hydrogen) atoms. The van der Waals surface area contributed by atoms with Crippen LogP contribution < -0.4 is 24.8 Å². The zero-order valence-corrected chi connectivity index (χ0v) is 6.81. The summed E-state index contributed by atoms with van der Waals surface area (Å²) in [4.78, 5) is 0. The summed E-state index contributed by atoms with van der Waals surface area (Å²) >= 11 is 4.76. The van der Waals surface area contributed by atoms with E-state index in [9.17, 15) is 0 Å². The Kier molecular flexibility index (Phi) is 143. The largest absolute Gasteiger partial charge is 2.00 e. The van der Waals surface area contributed by atoms with Crippen molar-refractivity contribution < 1.29 is 24.8 Å². The van der Waals surface area contributed by atoms with Gasteiger partial charge in [0, 0.05) is 0 Å². The van der Waals surface area contributed by atoms with E-state index in [1.807, 2.05) is 0 Å². The molecule has 0 aromatic heterocycles. The Morgan fingerprint density at radius 3 is 1.33 bits per heavy atom. The second-order valence-electron chi connectivity index (χ2n) is 0.154. The van der Waals surface area contributed by atoms with Crippen LogP contribution in [0.25, 0.3) is 0 Å². The smallest absolute Gasteiger partial charge is 1.00 e. The van der Waals surface area contributed by atoms with E-state index in [4.69, 9.17) is 11.6 Å². The molecule has 0 fully saturated rings. The van der Waals surface area contributed by atoms with Gasteiger partial charge in [-0.3, -0.25) is 0 Å². The maximum Gasteiger partial charge on any atom is 2.00 e. The first-order valence-corrected chi connectivity index (χ1v) is 1.06. The summed E-state index contributed by atoms with van der Waals surface area (Å²) in [5, 5.41) is 0. The summed E-state index contributed by atoms with van der Waals surface area (Å²) < 4.78 is 0. The summed E-state index contributed by atoms with van der Waals surface area (Å²) in [5.74, 6) is 0. The van der Waals surface area contributed by atoms with Crippen LogP contribution >= 0.6 is 11.6 Å². The molecule has 0 bridgehead atoms. The van der Waals surface area contributed by atoms with Gasteiger partial charge in [-0.05, 0) is 5.54 Å². The molecule has 0 nitrogen and oxygen atoms in total. The molecule has 0 amide bonds. The van der Waals surface area contributed by atoms with Crippen molar-refractivity contribution in [3.05, 3.63) is 12.1 Å². The fraction of sp³-hybridized carbons (Fsp3) is 0. The second-order valence-corrected chi connectivity index (χ2v) is 0.463. The molecular formula is C2H3Cl3Mg. The molecular weight excluding hydrogens is 155 g/mol. The average Bonchev–Trinajstić information content (AvgIpc) is 0.918. The van der Waals surface area contributed by atoms with Gasteiger partial charge in [-0.1, -0.05) is 18.2 Å². The SMILES string of the molecule is C=CCl.[Cl-].[Cl-].[Mg+2]. The molecule has 0 radical (unpaired) electrons. The van der Waals surface area contributed by atoms with E-state index in [1.165, 1.54) is 5.54 Å². The van der Waals surface area contributed by atoms with E-state index in [1.54, 1.807) is 0 Å². The first-order chi connectivity index (χ1) is 1.41. The van der Waals surface area contributed by atoms with Crippen molar-refractivity contribution in [1.29, 1.82) is 0 Å². The number of hydrogen-bond acceptors (Lipinski definition) is 0. The van der Waals surface area contributed by atoms with Crippen molar-refractivity contribution in [2.24, 2.45) is 0 Å². The molecule has 0 aliphatic carbocycles. The Morgan fingerprint density at radius 1 is 1.33 bits per heavy atom. The maximum absolute atomic E-state index is 4.76. The molecule has 0 spiro atoms. The molecule has 0 rings (SSSR count). The van der Waals surface area contributed by atoms with Crippen LogP contribution in [0.3, 0.4) is 0 Å².